The standard InChI is InChI=1S/C14H13N5S/c15-14-18-11-5-6-19(8-12(11)20-14)13-7-16-9-3-1-2-4-10(9)17-13/h1-4,7H,5-6,8H2,(H2,15,18). The number of hydrogen-bond acceptors (Lipinski definition) is 6. The van der Waals surface area contributed by atoms with E-state index >= 15 is 0 Å². The first-order valence-corrected chi connectivity index (χ1v) is 7.32. The molecular weight excluding hydrogens is 270 g/mol. The summed E-state index contributed by atoms with van der Waals surface area (Å²) in [6.07, 6.45) is 2.76. The van der Waals surface area contributed by atoms with Crippen LogP contribution >= 0.6 is 11.3 Å². The van der Waals surface area contributed by atoms with E-state index in [-0.39, 0.29) is 0 Å². The lowest BCUT2D eigenvalue weighted by Gasteiger charge is -2.26. The predicted molar refractivity (Wildman–Crippen MR) is 80.8 cm³/mol. The molecule has 3 heterocycles. The maximum atomic E-state index is 5.78. The van der Waals surface area contributed by atoms with Crippen LogP contribution in [0.15, 0.2) is 30.5 Å². The zero-order valence-electron chi connectivity index (χ0n) is 10.8. The molecule has 0 atom stereocenters. The van der Waals surface area contributed by atoms with Crippen LogP contribution in [0.2, 0.25) is 0 Å². The van der Waals surface area contributed by atoms with E-state index in [4.69, 9.17) is 10.7 Å². The lowest BCUT2D eigenvalue weighted by molar-refractivity contribution is 0.719. The molecule has 0 saturated heterocycles. The Kier molecular flexibility index (Phi) is 2.56. The molecule has 6 heteroatoms. The quantitative estimate of drug-likeness (QED) is 0.741. The van der Waals surface area contributed by atoms with Gasteiger partial charge in [0.25, 0.3) is 0 Å². The number of aromatic nitrogens is 3. The van der Waals surface area contributed by atoms with E-state index in [0.29, 0.717) is 5.13 Å². The maximum Gasteiger partial charge on any atom is 0.180 e. The van der Waals surface area contributed by atoms with Crippen LogP contribution in [-0.2, 0) is 13.0 Å². The summed E-state index contributed by atoms with van der Waals surface area (Å²) in [5.74, 6) is 0.918. The molecule has 0 spiro atoms. The minimum absolute atomic E-state index is 0.654. The maximum absolute atomic E-state index is 5.78. The third-order valence-corrected chi connectivity index (χ3v) is 4.42. The summed E-state index contributed by atoms with van der Waals surface area (Å²) in [7, 11) is 0. The van der Waals surface area contributed by atoms with Crippen molar-refractivity contribution in [1.82, 2.24) is 15.0 Å². The molecule has 0 fully saturated rings. The van der Waals surface area contributed by atoms with Gasteiger partial charge in [0.05, 0.1) is 29.5 Å². The van der Waals surface area contributed by atoms with Crippen molar-refractivity contribution in [1.29, 1.82) is 0 Å². The van der Waals surface area contributed by atoms with Gasteiger partial charge in [0.2, 0.25) is 0 Å². The number of anilines is 2. The average Bonchev–Trinajstić information content (AvgIpc) is 2.85. The van der Waals surface area contributed by atoms with E-state index in [2.05, 4.69) is 14.9 Å². The number of fused-ring (bicyclic) bond motifs is 2. The molecule has 0 amide bonds. The topological polar surface area (TPSA) is 67.9 Å². The first kappa shape index (κ1) is 11.6. The van der Waals surface area contributed by atoms with E-state index in [1.165, 1.54) is 4.88 Å². The molecule has 0 radical (unpaired) electrons. The monoisotopic (exact) mass is 283 g/mol. The SMILES string of the molecule is Nc1nc2c(s1)CN(c1cnc3ccccc3n1)CC2. The molecule has 4 rings (SSSR count). The molecule has 2 N–H and O–H groups in total. The zero-order valence-corrected chi connectivity index (χ0v) is 11.6. The van der Waals surface area contributed by atoms with E-state index in [1.807, 2.05) is 30.5 Å². The summed E-state index contributed by atoms with van der Waals surface area (Å²) in [5.41, 5.74) is 8.77. The normalized spacial score (nSPS) is 14.5. The van der Waals surface area contributed by atoms with Crippen LogP contribution in [0, 0.1) is 0 Å². The van der Waals surface area contributed by atoms with Crippen LogP contribution in [0.1, 0.15) is 10.6 Å². The Morgan fingerprint density at radius 2 is 2.00 bits per heavy atom. The number of para-hydroxylation sites is 2. The largest absolute Gasteiger partial charge is 0.375 e. The average molecular weight is 283 g/mol. The Labute approximate surface area is 120 Å². The van der Waals surface area contributed by atoms with Gasteiger partial charge in [-0.1, -0.05) is 12.1 Å². The van der Waals surface area contributed by atoms with Crippen molar-refractivity contribution >= 4 is 33.3 Å². The Bertz CT molecular complexity index is 782. The summed E-state index contributed by atoms with van der Waals surface area (Å²) in [5, 5.41) is 0.654. The van der Waals surface area contributed by atoms with Crippen molar-refractivity contribution < 1.29 is 0 Å². The molecule has 5 nitrogen and oxygen atoms in total. The summed E-state index contributed by atoms with van der Waals surface area (Å²) in [4.78, 5) is 17.0. The Morgan fingerprint density at radius 1 is 1.15 bits per heavy atom. The fraction of sp³-hybridized carbons (Fsp3) is 0.214. The number of nitrogens with two attached hydrogens (primary N) is 1. The molecule has 20 heavy (non-hydrogen) atoms. The predicted octanol–water partition coefficient (Wildman–Crippen LogP) is 2.23. The number of nitrogen functional groups attached to an aromatic ring is 1. The summed E-state index contributed by atoms with van der Waals surface area (Å²) < 4.78 is 0. The minimum atomic E-state index is 0.654. The zero-order chi connectivity index (χ0) is 13.5. The highest BCUT2D eigenvalue weighted by atomic mass is 32.1. The van der Waals surface area contributed by atoms with Gasteiger partial charge >= 0.3 is 0 Å². The Morgan fingerprint density at radius 3 is 2.90 bits per heavy atom. The molecule has 100 valence electrons. The highest BCUT2D eigenvalue weighted by Gasteiger charge is 2.21. The van der Waals surface area contributed by atoms with Crippen molar-refractivity contribution in [2.45, 2.75) is 13.0 Å². The van der Waals surface area contributed by atoms with E-state index in [9.17, 15) is 0 Å². The van der Waals surface area contributed by atoms with Crippen molar-refractivity contribution in [2.24, 2.45) is 0 Å². The smallest absolute Gasteiger partial charge is 0.180 e. The van der Waals surface area contributed by atoms with E-state index < -0.39 is 0 Å². The van der Waals surface area contributed by atoms with Gasteiger partial charge in [-0.3, -0.25) is 4.98 Å². The van der Waals surface area contributed by atoms with Crippen LogP contribution in [-0.4, -0.2) is 21.5 Å². The fourth-order valence-corrected chi connectivity index (χ4v) is 3.40. The molecule has 1 aliphatic heterocycles. The Balaban J connectivity index is 1.70. The number of nitrogens with zero attached hydrogens (tertiary/aromatic N) is 4. The molecular formula is C14H13N5S. The summed E-state index contributed by atoms with van der Waals surface area (Å²) >= 11 is 1.57. The van der Waals surface area contributed by atoms with Gasteiger partial charge in [-0.15, -0.1) is 11.3 Å². The van der Waals surface area contributed by atoms with Crippen molar-refractivity contribution in [3.8, 4) is 0 Å². The van der Waals surface area contributed by atoms with Crippen molar-refractivity contribution in [2.75, 3.05) is 17.2 Å². The van der Waals surface area contributed by atoms with Gasteiger partial charge in [0.15, 0.2) is 5.13 Å². The second kappa shape index (κ2) is 4.42. The van der Waals surface area contributed by atoms with Crippen LogP contribution < -0.4 is 10.6 Å². The third-order valence-electron chi connectivity index (χ3n) is 3.51. The Hall–Kier alpha value is -2.21. The summed E-state index contributed by atoms with van der Waals surface area (Å²) in [6, 6.07) is 7.93. The molecule has 3 aromatic rings. The number of benzene rings is 1. The van der Waals surface area contributed by atoms with Gasteiger partial charge in [0.1, 0.15) is 5.82 Å². The fourth-order valence-electron chi connectivity index (χ4n) is 2.51. The number of hydrogen-bond donors (Lipinski definition) is 1. The second-order valence-electron chi connectivity index (χ2n) is 4.81. The second-order valence-corrected chi connectivity index (χ2v) is 5.93. The molecule has 1 aromatic carbocycles. The van der Waals surface area contributed by atoms with E-state index in [1.54, 1.807) is 11.3 Å². The molecule has 2 aromatic heterocycles. The lowest BCUT2D eigenvalue weighted by atomic mass is 10.2. The third kappa shape index (κ3) is 1.89. The molecule has 0 saturated carbocycles. The van der Waals surface area contributed by atoms with Crippen LogP contribution in [0.25, 0.3) is 11.0 Å². The number of thiazole rings is 1. The van der Waals surface area contributed by atoms with Gasteiger partial charge in [0, 0.05) is 17.8 Å². The van der Waals surface area contributed by atoms with Crippen LogP contribution in [0.5, 0.6) is 0 Å². The highest BCUT2D eigenvalue weighted by molar-refractivity contribution is 7.15. The van der Waals surface area contributed by atoms with Gasteiger partial charge in [-0.25, -0.2) is 9.97 Å². The van der Waals surface area contributed by atoms with Crippen LogP contribution in [0.4, 0.5) is 10.9 Å². The van der Waals surface area contributed by atoms with Crippen molar-refractivity contribution in [3.63, 3.8) is 0 Å². The molecule has 0 unspecified atom stereocenters. The molecule has 1 aliphatic rings. The van der Waals surface area contributed by atoms with Gasteiger partial charge in [-0.05, 0) is 12.1 Å². The van der Waals surface area contributed by atoms with Crippen molar-refractivity contribution in [3.05, 3.63) is 41.0 Å². The van der Waals surface area contributed by atoms with Crippen LogP contribution in [0.3, 0.4) is 0 Å². The van der Waals surface area contributed by atoms with Gasteiger partial charge in [-0.2, -0.15) is 0 Å². The highest BCUT2D eigenvalue weighted by Crippen LogP contribution is 2.28. The molecule has 0 bridgehead atoms. The van der Waals surface area contributed by atoms with E-state index in [0.717, 1.165) is 42.1 Å². The van der Waals surface area contributed by atoms with Gasteiger partial charge < -0.3 is 10.6 Å². The first-order valence-electron chi connectivity index (χ1n) is 6.50. The lowest BCUT2D eigenvalue weighted by Crippen LogP contribution is -2.30. The molecule has 0 aliphatic carbocycles. The number of rotatable bonds is 1. The summed E-state index contributed by atoms with van der Waals surface area (Å²) in [6.45, 7) is 1.72. The minimum Gasteiger partial charge on any atom is -0.375 e. The first-order chi connectivity index (χ1) is 9.79.